The molecule has 5 heteroatoms. The van der Waals surface area contributed by atoms with Gasteiger partial charge in [0.15, 0.2) is 0 Å². The highest BCUT2D eigenvalue weighted by atomic mass is 16.5. The molecule has 1 amide bonds. The molecule has 5 nitrogen and oxygen atoms in total. The highest BCUT2D eigenvalue weighted by Crippen LogP contribution is 2.49. The van der Waals surface area contributed by atoms with E-state index in [0.29, 0.717) is 18.4 Å². The molecular weight excluding hydrogens is 292 g/mol. The first-order valence-electron chi connectivity index (χ1n) is 9.17. The summed E-state index contributed by atoms with van der Waals surface area (Å²) < 4.78 is 11.6. The van der Waals surface area contributed by atoms with E-state index in [9.17, 15) is 4.79 Å². The fraction of sp³-hybridized carbons (Fsp3) is 0.944. The predicted octanol–water partition coefficient (Wildman–Crippen LogP) is 1.62. The molecule has 2 saturated heterocycles. The minimum atomic E-state index is 0.229. The molecule has 3 fully saturated rings. The summed E-state index contributed by atoms with van der Waals surface area (Å²) in [4.78, 5) is 16.4. The molecule has 0 N–H and O–H groups in total. The lowest BCUT2D eigenvalue weighted by Gasteiger charge is -2.30. The van der Waals surface area contributed by atoms with Gasteiger partial charge in [-0.25, -0.2) is 0 Å². The van der Waals surface area contributed by atoms with Crippen LogP contribution in [0.1, 0.15) is 32.1 Å². The summed E-state index contributed by atoms with van der Waals surface area (Å²) in [7, 11) is 3.92. The van der Waals surface area contributed by atoms with Gasteiger partial charge in [0.25, 0.3) is 0 Å². The van der Waals surface area contributed by atoms with Crippen LogP contribution < -0.4 is 0 Å². The first kappa shape index (κ1) is 17.2. The summed E-state index contributed by atoms with van der Waals surface area (Å²) in [5, 5.41) is 0. The van der Waals surface area contributed by atoms with Crippen LogP contribution in [0.4, 0.5) is 0 Å². The molecule has 0 spiro atoms. The van der Waals surface area contributed by atoms with Gasteiger partial charge in [-0.15, -0.1) is 0 Å². The second-order valence-electron chi connectivity index (χ2n) is 8.03. The Hall–Kier alpha value is -0.650. The summed E-state index contributed by atoms with van der Waals surface area (Å²) in [6.07, 6.45) is 6.03. The molecule has 132 valence electrons. The van der Waals surface area contributed by atoms with E-state index in [-0.39, 0.29) is 11.3 Å². The Morgan fingerprint density at radius 1 is 1.30 bits per heavy atom. The van der Waals surface area contributed by atoms with Crippen molar-refractivity contribution in [2.24, 2.45) is 17.3 Å². The van der Waals surface area contributed by atoms with Crippen LogP contribution in [-0.4, -0.2) is 75.9 Å². The number of fused-ring (bicyclic) bond motifs is 1. The van der Waals surface area contributed by atoms with Gasteiger partial charge < -0.3 is 19.3 Å². The van der Waals surface area contributed by atoms with Crippen LogP contribution in [0.2, 0.25) is 0 Å². The number of carbonyl (C=O) groups is 1. The molecule has 0 bridgehead atoms. The van der Waals surface area contributed by atoms with Crippen LogP contribution in [0.3, 0.4) is 0 Å². The lowest BCUT2D eigenvalue weighted by atomic mass is 9.81. The molecule has 0 aromatic carbocycles. The van der Waals surface area contributed by atoms with E-state index in [0.717, 1.165) is 52.4 Å². The average Bonchev–Trinajstić information content (AvgIpc) is 3.04. The molecule has 0 radical (unpaired) electrons. The highest BCUT2D eigenvalue weighted by molar-refractivity contribution is 5.78. The molecule has 1 aliphatic carbocycles. The molecule has 3 aliphatic rings. The van der Waals surface area contributed by atoms with Crippen molar-refractivity contribution in [2.45, 2.75) is 32.1 Å². The lowest BCUT2D eigenvalue weighted by Crippen LogP contribution is -2.39. The lowest BCUT2D eigenvalue weighted by molar-refractivity contribution is -0.131. The molecule has 0 aromatic rings. The quantitative estimate of drug-likeness (QED) is 0.745. The monoisotopic (exact) mass is 324 g/mol. The number of nitrogens with zero attached hydrogens (tertiary/aromatic N) is 2. The van der Waals surface area contributed by atoms with E-state index in [2.05, 4.69) is 4.90 Å². The Labute approximate surface area is 140 Å². The zero-order valence-electron chi connectivity index (χ0n) is 14.8. The van der Waals surface area contributed by atoms with Crippen molar-refractivity contribution < 1.29 is 14.3 Å². The topological polar surface area (TPSA) is 42.0 Å². The molecule has 0 unspecified atom stereocenters. The zero-order chi connectivity index (χ0) is 16.3. The summed E-state index contributed by atoms with van der Waals surface area (Å²) in [5.74, 6) is 1.57. The summed E-state index contributed by atoms with van der Waals surface area (Å²) in [6, 6.07) is 0. The average molecular weight is 324 g/mol. The maximum absolute atomic E-state index is 12.4. The van der Waals surface area contributed by atoms with Gasteiger partial charge in [0.05, 0.1) is 13.2 Å². The van der Waals surface area contributed by atoms with Crippen molar-refractivity contribution in [3.63, 3.8) is 0 Å². The fourth-order valence-electron chi connectivity index (χ4n) is 4.55. The van der Waals surface area contributed by atoms with E-state index < -0.39 is 0 Å². The summed E-state index contributed by atoms with van der Waals surface area (Å²) >= 11 is 0. The Morgan fingerprint density at radius 2 is 2.09 bits per heavy atom. The van der Waals surface area contributed by atoms with Crippen molar-refractivity contribution in [3.8, 4) is 0 Å². The predicted molar refractivity (Wildman–Crippen MR) is 89.3 cm³/mol. The standard InChI is InChI=1S/C18H32N2O3/c1-19(2)11-17(21)20-10-16-4-3-7-18(16,13-20)14-23-12-15-5-8-22-9-6-15/h15-16H,3-14H2,1-2H3/t16-,18+/m0/s1. The normalized spacial score (nSPS) is 31.8. The van der Waals surface area contributed by atoms with Crippen LogP contribution in [-0.2, 0) is 14.3 Å². The van der Waals surface area contributed by atoms with Gasteiger partial charge in [-0.1, -0.05) is 6.42 Å². The molecule has 0 aromatic heterocycles. The number of likely N-dealkylation sites (N-methyl/N-ethyl adjacent to an activating group) is 1. The second kappa shape index (κ2) is 7.49. The fourth-order valence-corrected chi connectivity index (χ4v) is 4.55. The molecular formula is C18H32N2O3. The maximum atomic E-state index is 12.4. The van der Waals surface area contributed by atoms with E-state index in [4.69, 9.17) is 9.47 Å². The van der Waals surface area contributed by atoms with Crippen molar-refractivity contribution in [3.05, 3.63) is 0 Å². The number of ether oxygens (including phenoxy) is 2. The minimum absolute atomic E-state index is 0.229. The number of rotatable bonds is 6. The minimum Gasteiger partial charge on any atom is -0.381 e. The number of hydrogen-bond donors (Lipinski definition) is 0. The third kappa shape index (κ3) is 4.06. The Balaban J connectivity index is 1.51. The van der Waals surface area contributed by atoms with Crippen molar-refractivity contribution in [1.29, 1.82) is 0 Å². The maximum Gasteiger partial charge on any atom is 0.236 e. The number of amides is 1. The summed E-state index contributed by atoms with van der Waals surface area (Å²) in [6.45, 7) is 5.82. The van der Waals surface area contributed by atoms with Gasteiger partial charge >= 0.3 is 0 Å². The molecule has 23 heavy (non-hydrogen) atoms. The third-order valence-electron chi connectivity index (χ3n) is 5.93. The first-order valence-corrected chi connectivity index (χ1v) is 9.17. The number of hydrogen-bond acceptors (Lipinski definition) is 4. The zero-order valence-corrected chi connectivity index (χ0v) is 14.8. The van der Waals surface area contributed by atoms with E-state index >= 15 is 0 Å². The third-order valence-corrected chi connectivity index (χ3v) is 5.93. The van der Waals surface area contributed by atoms with Gasteiger partial charge in [0.2, 0.25) is 5.91 Å². The van der Waals surface area contributed by atoms with Gasteiger partial charge in [-0.3, -0.25) is 4.79 Å². The number of likely N-dealkylation sites (tertiary alicyclic amines) is 1. The van der Waals surface area contributed by atoms with Gasteiger partial charge in [-0.2, -0.15) is 0 Å². The highest BCUT2D eigenvalue weighted by Gasteiger charge is 2.50. The summed E-state index contributed by atoms with van der Waals surface area (Å²) in [5.41, 5.74) is 0.229. The van der Waals surface area contributed by atoms with Crippen LogP contribution in [0.15, 0.2) is 0 Å². The van der Waals surface area contributed by atoms with Crippen LogP contribution in [0, 0.1) is 17.3 Å². The van der Waals surface area contributed by atoms with Crippen molar-refractivity contribution in [1.82, 2.24) is 9.80 Å². The van der Waals surface area contributed by atoms with E-state index in [1.807, 2.05) is 19.0 Å². The molecule has 1 saturated carbocycles. The smallest absolute Gasteiger partial charge is 0.236 e. The second-order valence-corrected chi connectivity index (χ2v) is 8.03. The molecule has 2 aliphatic heterocycles. The van der Waals surface area contributed by atoms with Crippen LogP contribution >= 0.6 is 0 Å². The van der Waals surface area contributed by atoms with Gasteiger partial charge in [0.1, 0.15) is 0 Å². The van der Waals surface area contributed by atoms with E-state index in [1.54, 1.807) is 0 Å². The molecule has 2 atom stereocenters. The molecule has 2 heterocycles. The van der Waals surface area contributed by atoms with Crippen molar-refractivity contribution >= 4 is 5.91 Å². The van der Waals surface area contributed by atoms with Crippen LogP contribution in [0.25, 0.3) is 0 Å². The van der Waals surface area contributed by atoms with E-state index in [1.165, 1.54) is 19.3 Å². The van der Waals surface area contributed by atoms with Gasteiger partial charge in [-0.05, 0) is 51.6 Å². The Morgan fingerprint density at radius 3 is 2.83 bits per heavy atom. The SMILES string of the molecule is CN(C)CC(=O)N1C[C@@H]2CCC[C@]2(COCC2CCOCC2)C1. The van der Waals surface area contributed by atoms with Crippen molar-refractivity contribution in [2.75, 3.05) is 60.2 Å². The number of carbonyl (C=O) groups excluding carboxylic acids is 1. The Bertz CT molecular complexity index is 409. The first-order chi connectivity index (χ1) is 11.1. The van der Waals surface area contributed by atoms with Crippen LogP contribution in [0.5, 0.6) is 0 Å². The Kier molecular flexibility index (Phi) is 5.60. The largest absolute Gasteiger partial charge is 0.381 e. The molecule has 3 rings (SSSR count). The van der Waals surface area contributed by atoms with Gasteiger partial charge in [0, 0.05) is 38.3 Å².